The first-order valence-electron chi connectivity index (χ1n) is 7.59. The standard InChI is InChI=1S/C17H15N5O2S/c1-2-16(23)19-12-5-3-4-11(8-12)13-6-7-15(22-21-13)20-17(24)14-9-25-10-18-14/h3-10H,2H2,1H3,(H,19,23)(H,20,22,24). The van der Waals surface area contributed by atoms with E-state index in [1.54, 1.807) is 29.9 Å². The number of rotatable bonds is 5. The highest BCUT2D eigenvalue weighted by molar-refractivity contribution is 7.07. The summed E-state index contributed by atoms with van der Waals surface area (Å²) in [6.45, 7) is 1.79. The average Bonchev–Trinajstić information content (AvgIpc) is 3.17. The van der Waals surface area contributed by atoms with Crippen LogP contribution in [0.3, 0.4) is 0 Å². The monoisotopic (exact) mass is 353 g/mol. The highest BCUT2D eigenvalue weighted by Gasteiger charge is 2.09. The van der Waals surface area contributed by atoms with Gasteiger partial charge in [0.25, 0.3) is 5.91 Å². The zero-order valence-electron chi connectivity index (χ0n) is 13.4. The molecule has 3 aromatic rings. The SMILES string of the molecule is CCC(=O)Nc1cccc(-c2ccc(NC(=O)c3cscn3)nn2)c1. The van der Waals surface area contributed by atoms with Gasteiger partial charge in [-0.3, -0.25) is 9.59 Å². The number of hydrogen-bond acceptors (Lipinski definition) is 6. The first-order chi connectivity index (χ1) is 12.2. The maximum absolute atomic E-state index is 11.9. The number of anilines is 2. The van der Waals surface area contributed by atoms with Crippen LogP contribution in [-0.2, 0) is 4.79 Å². The Balaban J connectivity index is 1.73. The predicted molar refractivity (Wildman–Crippen MR) is 96.5 cm³/mol. The van der Waals surface area contributed by atoms with Crippen LogP contribution >= 0.6 is 11.3 Å². The van der Waals surface area contributed by atoms with Crippen LogP contribution in [0.4, 0.5) is 11.5 Å². The second-order valence-electron chi connectivity index (χ2n) is 5.11. The van der Waals surface area contributed by atoms with Crippen molar-refractivity contribution in [1.82, 2.24) is 15.2 Å². The largest absolute Gasteiger partial charge is 0.326 e. The van der Waals surface area contributed by atoms with Crippen molar-refractivity contribution in [2.45, 2.75) is 13.3 Å². The molecule has 0 saturated heterocycles. The molecule has 25 heavy (non-hydrogen) atoms. The van der Waals surface area contributed by atoms with Crippen LogP contribution in [0.5, 0.6) is 0 Å². The van der Waals surface area contributed by atoms with Crippen molar-refractivity contribution in [3.8, 4) is 11.3 Å². The van der Waals surface area contributed by atoms with Crippen LogP contribution < -0.4 is 10.6 Å². The molecule has 2 N–H and O–H groups in total. The molecule has 1 aromatic carbocycles. The van der Waals surface area contributed by atoms with Gasteiger partial charge in [0.1, 0.15) is 5.69 Å². The molecular weight excluding hydrogens is 338 g/mol. The topological polar surface area (TPSA) is 96.9 Å². The lowest BCUT2D eigenvalue weighted by Gasteiger charge is -2.07. The van der Waals surface area contributed by atoms with Crippen LogP contribution in [0.1, 0.15) is 23.8 Å². The molecule has 0 aliphatic rings. The number of thiazole rings is 1. The summed E-state index contributed by atoms with van der Waals surface area (Å²) < 4.78 is 0. The number of amides is 2. The molecule has 0 aliphatic heterocycles. The van der Waals surface area contributed by atoms with E-state index in [0.29, 0.717) is 29.3 Å². The van der Waals surface area contributed by atoms with E-state index in [2.05, 4.69) is 25.8 Å². The van der Waals surface area contributed by atoms with Crippen LogP contribution in [0.2, 0.25) is 0 Å². The van der Waals surface area contributed by atoms with E-state index in [1.807, 2.05) is 24.3 Å². The lowest BCUT2D eigenvalue weighted by atomic mass is 10.1. The van der Waals surface area contributed by atoms with Crippen molar-refractivity contribution in [2.24, 2.45) is 0 Å². The molecule has 8 heteroatoms. The Bertz CT molecular complexity index is 878. The van der Waals surface area contributed by atoms with E-state index in [9.17, 15) is 9.59 Å². The zero-order chi connectivity index (χ0) is 17.6. The summed E-state index contributed by atoms with van der Waals surface area (Å²) in [5.41, 5.74) is 4.09. The maximum atomic E-state index is 11.9. The molecule has 0 fully saturated rings. The average molecular weight is 353 g/mol. The molecule has 7 nitrogen and oxygen atoms in total. The minimum absolute atomic E-state index is 0.0525. The van der Waals surface area contributed by atoms with Gasteiger partial charge >= 0.3 is 0 Å². The van der Waals surface area contributed by atoms with Gasteiger partial charge in [-0.15, -0.1) is 21.5 Å². The number of benzene rings is 1. The van der Waals surface area contributed by atoms with E-state index in [4.69, 9.17) is 0 Å². The highest BCUT2D eigenvalue weighted by Crippen LogP contribution is 2.21. The summed E-state index contributed by atoms with van der Waals surface area (Å²) >= 11 is 1.35. The fourth-order valence-corrected chi connectivity index (χ4v) is 2.60. The second kappa shape index (κ2) is 7.63. The van der Waals surface area contributed by atoms with Crippen molar-refractivity contribution in [2.75, 3.05) is 10.6 Å². The fraction of sp³-hybridized carbons (Fsp3) is 0.118. The van der Waals surface area contributed by atoms with Gasteiger partial charge in [0.2, 0.25) is 5.91 Å². The molecule has 0 unspecified atom stereocenters. The quantitative estimate of drug-likeness (QED) is 0.734. The highest BCUT2D eigenvalue weighted by atomic mass is 32.1. The number of nitrogens with zero attached hydrogens (tertiary/aromatic N) is 3. The molecule has 0 aliphatic carbocycles. The summed E-state index contributed by atoms with van der Waals surface area (Å²) in [6.07, 6.45) is 0.414. The normalized spacial score (nSPS) is 10.3. The van der Waals surface area contributed by atoms with Crippen LogP contribution in [0.15, 0.2) is 47.3 Å². The molecule has 2 heterocycles. The molecule has 3 rings (SSSR count). The second-order valence-corrected chi connectivity index (χ2v) is 5.83. The Kier molecular flexibility index (Phi) is 5.10. The Hall–Kier alpha value is -3.13. The first-order valence-corrected chi connectivity index (χ1v) is 8.53. The maximum Gasteiger partial charge on any atom is 0.276 e. The van der Waals surface area contributed by atoms with E-state index < -0.39 is 0 Å². The first kappa shape index (κ1) is 16.7. The van der Waals surface area contributed by atoms with E-state index in [-0.39, 0.29) is 11.8 Å². The third-order valence-corrected chi connectivity index (χ3v) is 3.92. The summed E-state index contributed by atoms with van der Waals surface area (Å²) in [4.78, 5) is 27.4. The van der Waals surface area contributed by atoms with Gasteiger partial charge in [-0.2, -0.15) is 0 Å². The van der Waals surface area contributed by atoms with Gasteiger partial charge in [-0.05, 0) is 24.3 Å². The number of aromatic nitrogens is 3. The number of nitrogens with one attached hydrogen (secondary N) is 2. The van der Waals surface area contributed by atoms with Crippen LogP contribution in [-0.4, -0.2) is 27.0 Å². The minimum Gasteiger partial charge on any atom is -0.326 e. The van der Waals surface area contributed by atoms with Gasteiger partial charge in [0.15, 0.2) is 5.82 Å². The molecule has 0 radical (unpaired) electrons. The van der Waals surface area contributed by atoms with Crippen LogP contribution in [0.25, 0.3) is 11.3 Å². The zero-order valence-corrected chi connectivity index (χ0v) is 14.2. The molecule has 0 atom stereocenters. The van der Waals surface area contributed by atoms with Gasteiger partial charge in [0.05, 0.1) is 11.2 Å². The molecule has 0 spiro atoms. The van der Waals surface area contributed by atoms with E-state index in [0.717, 1.165) is 5.56 Å². The summed E-state index contributed by atoms with van der Waals surface area (Å²) in [5.74, 6) is -0.0342. The predicted octanol–water partition coefficient (Wildman–Crippen LogP) is 3.20. The molecule has 2 aromatic heterocycles. The molecule has 0 saturated carbocycles. The smallest absolute Gasteiger partial charge is 0.276 e. The van der Waals surface area contributed by atoms with Crippen LogP contribution in [0, 0.1) is 0 Å². The third-order valence-electron chi connectivity index (χ3n) is 3.33. The van der Waals surface area contributed by atoms with Crippen molar-refractivity contribution in [1.29, 1.82) is 0 Å². The Labute approximate surface area is 148 Å². The van der Waals surface area contributed by atoms with Gasteiger partial charge < -0.3 is 10.6 Å². The van der Waals surface area contributed by atoms with Gasteiger partial charge in [-0.25, -0.2) is 4.98 Å². The van der Waals surface area contributed by atoms with E-state index in [1.165, 1.54) is 11.3 Å². The van der Waals surface area contributed by atoms with Crippen molar-refractivity contribution >= 4 is 34.7 Å². The summed E-state index contributed by atoms with van der Waals surface area (Å²) in [5, 5.41) is 15.3. The van der Waals surface area contributed by atoms with Crippen molar-refractivity contribution < 1.29 is 9.59 Å². The summed E-state index contributed by atoms with van der Waals surface area (Å²) in [6, 6.07) is 10.8. The van der Waals surface area contributed by atoms with Crippen molar-refractivity contribution in [3.63, 3.8) is 0 Å². The molecule has 2 amide bonds. The van der Waals surface area contributed by atoms with Gasteiger partial charge in [-0.1, -0.05) is 19.1 Å². The minimum atomic E-state index is -0.326. The van der Waals surface area contributed by atoms with E-state index >= 15 is 0 Å². The van der Waals surface area contributed by atoms with Crippen molar-refractivity contribution in [3.05, 3.63) is 53.0 Å². The molecular formula is C17H15N5O2S. The number of hydrogen-bond donors (Lipinski definition) is 2. The number of carbonyl (C=O) groups is 2. The molecule has 126 valence electrons. The lowest BCUT2D eigenvalue weighted by molar-refractivity contribution is -0.115. The Morgan fingerprint density at radius 2 is 2.00 bits per heavy atom. The third kappa shape index (κ3) is 4.24. The van der Waals surface area contributed by atoms with Gasteiger partial charge in [0, 0.05) is 23.1 Å². The Morgan fingerprint density at radius 1 is 1.12 bits per heavy atom. The summed E-state index contributed by atoms with van der Waals surface area (Å²) in [7, 11) is 0. The lowest BCUT2D eigenvalue weighted by Crippen LogP contribution is -2.13. The number of carbonyl (C=O) groups excluding carboxylic acids is 2. The Morgan fingerprint density at radius 3 is 2.68 bits per heavy atom. The fourth-order valence-electron chi connectivity index (χ4n) is 2.06. The molecule has 0 bridgehead atoms.